The molecular formula is C16H23FN2O. The Morgan fingerprint density at radius 3 is 2.70 bits per heavy atom. The first-order valence-electron chi connectivity index (χ1n) is 7.22. The van der Waals surface area contributed by atoms with Crippen molar-refractivity contribution in [2.75, 3.05) is 6.54 Å². The second kappa shape index (κ2) is 5.92. The van der Waals surface area contributed by atoms with Crippen molar-refractivity contribution >= 4 is 5.91 Å². The Labute approximate surface area is 119 Å². The molecule has 1 aromatic rings. The molecule has 0 spiro atoms. The van der Waals surface area contributed by atoms with E-state index in [2.05, 4.69) is 5.32 Å². The molecule has 1 fully saturated rings. The average Bonchev–Trinajstić information content (AvgIpc) is 3.23. The van der Waals surface area contributed by atoms with Crippen LogP contribution in [0.4, 0.5) is 4.39 Å². The van der Waals surface area contributed by atoms with Gasteiger partial charge in [-0.15, -0.1) is 0 Å². The lowest BCUT2D eigenvalue weighted by atomic mass is 9.93. The Bertz CT molecular complexity index is 487. The molecule has 0 bridgehead atoms. The quantitative estimate of drug-likeness (QED) is 0.840. The fraction of sp³-hybridized carbons (Fsp3) is 0.562. The van der Waals surface area contributed by atoms with E-state index < -0.39 is 0 Å². The zero-order chi connectivity index (χ0) is 14.8. The SMILES string of the molecule is CC(CC(=O)NC(C)(CN)C1CC1)c1ccccc1F. The third-order valence-electron chi connectivity index (χ3n) is 4.26. The summed E-state index contributed by atoms with van der Waals surface area (Å²) in [7, 11) is 0. The van der Waals surface area contributed by atoms with Gasteiger partial charge in [-0.25, -0.2) is 4.39 Å². The summed E-state index contributed by atoms with van der Waals surface area (Å²) in [5.41, 5.74) is 6.06. The number of carbonyl (C=O) groups is 1. The van der Waals surface area contributed by atoms with Crippen LogP contribution in [0.3, 0.4) is 0 Å². The van der Waals surface area contributed by atoms with Gasteiger partial charge in [0, 0.05) is 13.0 Å². The largest absolute Gasteiger partial charge is 0.349 e. The number of benzene rings is 1. The van der Waals surface area contributed by atoms with Crippen LogP contribution in [0.15, 0.2) is 24.3 Å². The predicted octanol–water partition coefficient (Wildman–Crippen LogP) is 2.56. The van der Waals surface area contributed by atoms with Crippen LogP contribution in [0.25, 0.3) is 0 Å². The number of nitrogens with two attached hydrogens (primary N) is 1. The summed E-state index contributed by atoms with van der Waals surface area (Å²) < 4.78 is 13.7. The second-order valence-corrected chi connectivity index (χ2v) is 6.07. The molecular weight excluding hydrogens is 255 g/mol. The molecule has 2 rings (SSSR count). The van der Waals surface area contributed by atoms with Gasteiger partial charge in [0.05, 0.1) is 5.54 Å². The Kier molecular flexibility index (Phi) is 4.43. The standard InChI is InChI=1S/C16H23FN2O/c1-11(13-5-3-4-6-14(13)17)9-15(20)19-16(2,10-18)12-7-8-12/h3-6,11-12H,7-10,18H2,1-2H3,(H,19,20). The van der Waals surface area contributed by atoms with E-state index in [-0.39, 0.29) is 29.6 Å². The summed E-state index contributed by atoms with van der Waals surface area (Å²) in [6.07, 6.45) is 2.52. The number of halogens is 1. The molecule has 1 aliphatic rings. The summed E-state index contributed by atoms with van der Waals surface area (Å²) >= 11 is 0. The van der Waals surface area contributed by atoms with Crippen LogP contribution in [0.5, 0.6) is 0 Å². The lowest BCUT2D eigenvalue weighted by Crippen LogP contribution is -2.53. The molecule has 4 heteroatoms. The molecule has 2 unspecified atom stereocenters. The average molecular weight is 278 g/mol. The topological polar surface area (TPSA) is 55.1 Å². The van der Waals surface area contributed by atoms with E-state index >= 15 is 0 Å². The van der Waals surface area contributed by atoms with E-state index in [1.807, 2.05) is 13.8 Å². The minimum atomic E-state index is -0.313. The van der Waals surface area contributed by atoms with Crippen molar-refractivity contribution in [1.29, 1.82) is 0 Å². The van der Waals surface area contributed by atoms with Gasteiger partial charge in [-0.05, 0) is 43.2 Å². The summed E-state index contributed by atoms with van der Waals surface area (Å²) in [6, 6.07) is 6.61. The highest BCUT2D eigenvalue weighted by Crippen LogP contribution is 2.39. The Balaban J connectivity index is 1.96. The number of carbonyl (C=O) groups excluding carboxylic acids is 1. The first kappa shape index (κ1) is 15.0. The molecule has 1 aliphatic carbocycles. The molecule has 3 N–H and O–H groups in total. The van der Waals surface area contributed by atoms with Gasteiger partial charge in [0.2, 0.25) is 5.91 Å². The van der Waals surface area contributed by atoms with Crippen LogP contribution in [0.1, 0.15) is 44.6 Å². The van der Waals surface area contributed by atoms with Gasteiger partial charge >= 0.3 is 0 Å². The minimum Gasteiger partial charge on any atom is -0.349 e. The van der Waals surface area contributed by atoms with Gasteiger partial charge in [-0.2, -0.15) is 0 Å². The molecule has 2 atom stereocenters. The summed E-state index contributed by atoms with van der Waals surface area (Å²) in [5, 5.41) is 3.04. The molecule has 0 aliphatic heterocycles. The number of amides is 1. The highest BCUT2D eigenvalue weighted by Gasteiger charge is 2.41. The van der Waals surface area contributed by atoms with E-state index in [1.165, 1.54) is 6.07 Å². The fourth-order valence-corrected chi connectivity index (χ4v) is 2.67. The van der Waals surface area contributed by atoms with Gasteiger partial charge in [-0.1, -0.05) is 25.1 Å². The minimum absolute atomic E-state index is 0.0550. The first-order chi connectivity index (χ1) is 9.46. The molecule has 3 nitrogen and oxygen atoms in total. The molecule has 20 heavy (non-hydrogen) atoms. The molecule has 0 heterocycles. The van der Waals surface area contributed by atoms with Crippen LogP contribution in [0, 0.1) is 11.7 Å². The van der Waals surface area contributed by atoms with Gasteiger partial charge in [-0.3, -0.25) is 4.79 Å². The molecule has 0 radical (unpaired) electrons. The lowest BCUT2D eigenvalue weighted by molar-refractivity contribution is -0.123. The Morgan fingerprint density at radius 1 is 1.50 bits per heavy atom. The Morgan fingerprint density at radius 2 is 2.15 bits per heavy atom. The maximum atomic E-state index is 13.7. The van der Waals surface area contributed by atoms with Gasteiger partial charge < -0.3 is 11.1 Å². The van der Waals surface area contributed by atoms with E-state index in [0.29, 0.717) is 18.0 Å². The van der Waals surface area contributed by atoms with Crippen molar-refractivity contribution in [3.05, 3.63) is 35.6 Å². The highest BCUT2D eigenvalue weighted by atomic mass is 19.1. The van der Waals surface area contributed by atoms with Gasteiger partial charge in [0.15, 0.2) is 0 Å². The molecule has 0 aromatic heterocycles. The number of hydrogen-bond donors (Lipinski definition) is 2. The second-order valence-electron chi connectivity index (χ2n) is 6.07. The number of rotatable bonds is 6. The van der Waals surface area contributed by atoms with Crippen molar-refractivity contribution in [3.8, 4) is 0 Å². The monoisotopic (exact) mass is 278 g/mol. The van der Waals surface area contributed by atoms with E-state index in [9.17, 15) is 9.18 Å². The normalized spacial score (nSPS) is 19.2. The fourth-order valence-electron chi connectivity index (χ4n) is 2.67. The first-order valence-corrected chi connectivity index (χ1v) is 7.22. The number of hydrogen-bond acceptors (Lipinski definition) is 2. The van der Waals surface area contributed by atoms with Crippen molar-refractivity contribution in [1.82, 2.24) is 5.32 Å². The van der Waals surface area contributed by atoms with Crippen LogP contribution in [-0.4, -0.2) is 18.0 Å². The van der Waals surface area contributed by atoms with Crippen LogP contribution >= 0.6 is 0 Å². The Hall–Kier alpha value is -1.42. The maximum absolute atomic E-state index is 13.7. The summed E-state index contributed by atoms with van der Waals surface area (Å²) in [4.78, 5) is 12.2. The number of nitrogens with one attached hydrogen (secondary N) is 1. The van der Waals surface area contributed by atoms with E-state index in [1.54, 1.807) is 18.2 Å². The maximum Gasteiger partial charge on any atom is 0.221 e. The molecule has 1 aromatic carbocycles. The highest BCUT2D eigenvalue weighted by molar-refractivity contribution is 5.77. The summed E-state index contributed by atoms with van der Waals surface area (Å²) in [5.74, 6) is 0.0369. The van der Waals surface area contributed by atoms with E-state index in [4.69, 9.17) is 5.73 Å². The predicted molar refractivity (Wildman–Crippen MR) is 77.8 cm³/mol. The van der Waals surface area contributed by atoms with Crippen molar-refractivity contribution in [2.45, 2.75) is 44.6 Å². The molecule has 110 valence electrons. The van der Waals surface area contributed by atoms with Crippen LogP contribution in [0.2, 0.25) is 0 Å². The summed E-state index contributed by atoms with van der Waals surface area (Å²) in [6.45, 7) is 4.31. The zero-order valence-electron chi connectivity index (χ0n) is 12.2. The van der Waals surface area contributed by atoms with Crippen molar-refractivity contribution in [3.63, 3.8) is 0 Å². The molecule has 1 saturated carbocycles. The van der Waals surface area contributed by atoms with Crippen LogP contribution < -0.4 is 11.1 Å². The van der Waals surface area contributed by atoms with Gasteiger partial charge in [0.25, 0.3) is 0 Å². The zero-order valence-corrected chi connectivity index (χ0v) is 12.2. The molecule has 0 saturated heterocycles. The van der Waals surface area contributed by atoms with Crippen molar-refractivity contribution < 1.29 is 9.18 Å². The van der Waals surface area contributed by atoms with Gasteiger partial charge in [0.1, 0.15) is 5.82 Å². The van der Waals surface area contributed by atoms with Crippen molar-refractivity contribution in [2.24, 2.45) is 11.7 Å². The van der Waals surface area contributed by atoms with Crippen LogP contribution in [-0.2, 0) is 4.79 Å². The molecule has 1 amide bonds. The third kappa shape index (κ3) is 3.37. The lowest BCUT2D eigenvalue weighted by Gasteiger charge is -2.30. The van der Waals surface area contributed by atoms with E-state index in [0.717, 1.165) is 12.8 Å². The third-order valence-corrected chi connectivity index (χ3v) is 4.26. The smallest absolute Gasteiger partial charge is 0.221 e.